The first kappa shape index (κ1) is 14.5. The first-order valence-electron chi connectivity index (χ1n) is 7.68. The van der Waals surface area contributed by atoms with Crippen molar-refractivity contribution in [3.63, 3.8) is 0 Å². The molecule has 110 valence electrons. The molecule has 1 saturated carbocycles. The Balaban J connectivity index is 1.75. The molecule has 0 radical (unpaired) electrons. The van der Waals surface area contributed by atoms with Gasteiger partial charge in [-0.1, -0.05) is 6.92 Å². The van der Waals surface area contributed by atoms with Crippen LogP contribution < -0.4 is 5.32 Å². The van der Waals surface area contributed by atoms with Gasteiger partial charge in [0.2, 0.25) is 0 Å². The lowest BCUT2D eigenvalue weighted by Gasteiger charge is -2.46. The summed E-state index contributed by atoms with van der Waals surface area (Å²) >= 11 is 3.53. The predicted molar refractivity (Wildman–Crippen MR) is 85.6 cm³/mol. The minimum atomic E-state index is 0.255. The lowest BCUT2D eigenvalue weighted by Crippen LogP contribution is -2.62. The van der Waals surface area contributed by atoms with E-state index in [1.54, 1.807) is 0 Å². The third kappa shape index (κ3) is 3.23. The zero-order valence-electron chi connectivity index (χ0n) is 12.4. The maximum Gasteiger partial charge on any atom is 0.0410 e. The summed E-state index contributed by atoms with van der Waals surface area (Å²) in [7, 11) is 0. The summed E-state index contributed by atoms with van der Waals surface area (Å²) in [5.41, 5.74) is 1.57. The maximum absolute atomic E-state index is 4.30. The monoisotopic (exact) mass is 337 g/mol. The molecular weight excluding hydrogens is 314 g/mol. The van der Waals surface area contributed by atoms with Crippen LogP contribution in [0.3, 0.4) is 0 Å². The van der Waals surface area contributed by atoms with Gasteiger partial charge in [-0.2, -0.15) is 0 Å². The molecule has 2 unspecified atom stereocenters. The highest BCUT2D eigenvalue weighted by Gasteiger charge is 2.41. The number of nitrogens with one attached hydrogen (secondary N) is 1. The maximum atomic E-state index is 4.30. The molecule has 1 aromatic rings. The van der Waals surface area contributed by atoms with E-state index in [1.807, 2.05) is 12.4 Å². The van der Waals surface area contributed by atoms with Gasteiger partial charge in [0.05, 0.1) is 0 Å². The highest BCUT2D eigenvalue weighted by atomic mass is 79.9. The summed E-state index contributed by atoms with van der Waals surface area (Å²) < 4.78 is 1.08. The molecule has 2 atom stereocenters. The van der Waals surface area contributed by atoms with E-state index in [4.69, 9.17) is 0 Å². The van der Waals surface area contributed by atoms with Gasteiger partial charge in [0, 0.05) is 48.1 Å². The molecule has 3 rings (SSSR count). The quantitative estimate of drug-likeness (QED) is 0.914. The van der Waals surface area contributed by atoms with Crippen molar-refractivity contribution >= 4 is 15.9 Å². The van der Waals surface area contributed by atoms with Gasteiger partial charge in [0.15, 0.2) is 0 Å². The minimum Gasteiger partial charge on any atom is -0.309 e. The first-order valence-corrected chi connectivity index (χ1v) is 8.47. The van der Waals surface area contributed by atoms with Crippen LogP contribution in [0.5, 0.6) is 0 Å². The molecule has 1 aliphatic carbocycles. The normalized spacial score (nSPS) is 31.4. The zero-order valence-corrected chi connectivity index (χ0v) is 14.0. The molecule has 2 heterocycles. The molecule has 1 N–H and O–H groups in total. The molecule has 4 heteroatoms. The number of hydrogen-bond acceptors (Lipinski definition) is 3. The van der Waals surface area contributed by atoms with Crippen LogP contribution in [0.2, 0.25) is 0 Å². The van der Waals surface area contributed by atoms with E-state index in [1.165, 1.54) is 24.8 Å². The number of nitrogens with zero attached hydrogens (tertiary/aromatic N) is 2. The number of hydrogen-bond donors (Lipinski definition) is 1. The van der Waals surface area contributed by atoms with Crippen molar-refractivity contribution in [1.29, 1.82) is 0 Å². The van der Waals surface area contributed by atoms with E-state index in [0.29, 0.717) is 6.04 Å². The SMILES string of the molecule is CCC1(C)CN(Cc2cncc(Br)c2)C(C2CC2)CN1. The van der Waals surface area contributed by atoms with Crippen molar-refractivity contribution in [3.05, 3.63) is 28.5 Å². The van der Waals surface area contributed by atoms with Crippen LogP contribution in [0.15, 0.2) is 22.9 Å². The highest BCUT2D eigenvalue weighted by molar-refractivity contribution is 9.10. The summed E-state index contributed by atoms with van der Waals surface area (Å²) in [6.07, 6.45) is 7.85. The molecule has 0 amide bonds. The number of halogens is 1. The van der Waals surface area contributed by atoms with Crippen molar-refractivity contribution in [1.82, 2.24) is 15.2 Å². The highest BCUT2D eigenvalue weighted by Crippen LogP contribution is 2.38. The lowest BCUT2D eigenvalue weighted by atomic mass is 9.92. The van der Waals surface area contributed by atoms with Crippen LogP contribution in [-0.4, -0.2) is 34.6 Å². The van der Waals surface area contributed by atoms with E-state index < -0.39 is 0 Å². The Morgan fingerprint density at radius 3 is 2.90 bits per heavy atom. The predicted octanol–water partition coefficient (Wildman–Crippen LogP) is 3.20. The molecule has 0 aromatic carbocycles. The van der Waals surface area contributed by atoms with Gasteiger partial charge in [0.1, 0.15) is 0 Å². The average Bonchev–Trinajstić information content (AvgIpc) is 3.23. The molecule has 3 nitrogen and oxygen atoms in total. The summed E-state index contributed by atoms with van der Waals surface area (Å²) in [6, 6.07) is 2.90. The fourth-order valence-corrected chi connectivity index (χ4v) is 3.65. The Morgan fingerprint density at radius 1 is 1.45 bits per heavy atom. The molecule has 20 heavy (non-hydrogen) atoms. The molecule has 0 spiro atoms. The van der Waals surface area contributed by atoms with Crippen molar-refractivity contribution in [2.45, 2.75) is 51.2 Å². The van der Waals surface area contributed by atoms with Crippen LogP contribution >= 0.6 is 15.9 Å². The second kappa shape index (κ2) is 5.74. The Hall–Kier alpha value is -0.450. The second-order valence-corrected chi connectivity index (χ2v) is 7.53. The standard InChI is InChI=1S/C16H24BrN3/c1-3-16(2)11-20(15(9-19-16)13-4-5-13)10-12-6-14(17)8-18-7-12/h6-8,13,15,19H,3-5,9-11H2,1-2H3. The average molecular weight is 338 g/mol. The molecule has 0 bridgehead atoms. The van der Waals surface area contributed by atoms with Gasteiger partial charge in [0.25, 0.3) is 0 Å². The summed E-state index contributed by atoms with van der Waals surface area (Å²) in [5, 5.41) is 3.78. The van der Waals surface area contributed by atoms with Gasteiger partial charge >= 0.3 is 0 Å². The summed E-state index contributed by atoms with van der Waals surface area (Å²) in [4.78, 5) is 6.98. The fraction of sp³-hybridized carbons (Fsp3) is 0.688. The Labute approximate surface area is 130 Å². The van der Waals surface area contributed by atoms with Crippen molar-refractivity contribution in [3.8, 4) is 0 Å². The molecule has 1 aromatic heterocycles. The first-order chi connectivity index (χ1) is 9.59. The smallest absolute Gasteiger partial charge is 0.0410 e. The summed E-state index contributed by atoms with van der Waals surface area (Å²) in [6.45, 7) is 7.92. The van der Waals surface area contributed by atoms with Crippen LogP contribution in [0.25, 0.3) is 0 Å². The Kier molecular flexibility index (Phi) is 4.16. The fourth-order valence-electron chi connectivity index (χ4n) is 3.23. The van der Waals surface area contributed by atoms with Gasteiger partial charge in [-0.3, -0.25) is 9.88 Å². The Bertz CT molecular complexity index is 475. The molecule has 2 fully saturated rings. The van der Waals surface area contributed by atoms with E-state index in [0.717, 1.165) is 30.0 Å². The van der Waals surface area contributed by atoms with Gasteiger partial charge in [-0.15, -0.1) is 0 Å². The summed E-state index contributed by atoms with van der Waals surface area (Å²) in [5.74, 6) is 0.906. The van der Waals surface area contributed by atoms with Crippen molar-refractivity contribution < 1.29 is 0 Å². The van der Waals surface area contributed by atoms with E-state index in [-0.39, 0.29) is 5.54 Å². The lowest BCUT2D eigenvalue weighted by molar-refractivity contribution is 0.0661. The number of aromatic nitrogens is 1. The molecular formula is C16H24BrN3. The van der Waals surface area contributed by atoms with Crippen LogP contribution in [0.4, 0.5) is 0 Å². The van der Waals surface area contributed by atoms with Gasteiger partial charge in [-0.25, -0.2) is 0 Å². The third-order valence-corrected chi connectivity index (χ3v) is 5.29. The zero-order chi connectivity index (χ0) is 14.2. The number of pyridine rings is 1. The van der Waals surface area contributed by atoms with Crippen molar-refractivity contribution in [2.24, 2.45) is 5.92 Å². The Morgan fingerprint density at radius 2 is 2.25 bits per heavy atom. The number of rotatable bonds is 4. The third-order valence-electron chi connectivity index (χ3n) is 4.85. The number of piperazine rings is 1. The largest absolute Gasteiger partial charge is 0.309 e. The van der Waals surface area contributed by atoms with Gasteiger partial charge in [-0.05, 0) is 59.7 Å². The minimum absolute atomic E-state index is 0.255. The molecule has 1 aliphatic heterocycles. The van der Waals surface area contributed by atoms with Crippen LogP contribution in [-0.2, 0) is 6.54 Å². The topological polar surface area (TPSA) is 28.2 Å². The molecule has 2 aliphatic rings. The molecule has 1 saturated heterocycles. The van der Waals surface area contributed by atoms with Crippen LogP contribution in [0, 0.1) is 5.92 Å². The van der Waals surface area contributed by atoms with Gasteiger partial charge < -0.3 is 5.32 Å². The van der Waals surface area contributed by atoms with Crippen molar-refractivity contribution in [2.75, 3.05) is 13.1 Å². The van der Waals surface area contributed by atoms with E-state index in [2.05, 4.69) is 51.0 Å². The van der Waals surface area contributed by atoms with E-state index in [9.17, 15) is 0 Å². The second-order valence-electron chi connectivity index (χ2n) is 6.62. The van der Waals surface area contributed by atoms with Crippen LogP contribution in [0.1, 0.15) is 38.7 Å². The van der Waals surface area contributed by atoms with E-state index >= 15 is 0 Å².